The van der Waals surface area contributed by atoms with Gasteiger partial charge in [0, 0.05) is 16.9 Å². The summed E-state index contributed by atoms with van der Waals surface area (Å²) in [6.07, 6.45) is 0. The molecule has 4 N–H and O–H groups in total. The predicted molar refractivity (Wildman–Crippen MR) is 83.1 cm³/mol. The van der Waals surface area contributed by atoms with Crippen molar-refractivity contribution in [3.8, 4) is 0 Å². The maximum atomic E-state index is 12.0. The monoisotopic (exact) mass is 283 g/mol. The first kappa shape index (κ1) is 14.6. The lowest BCUT2D eigenvalue weighted by molar-refractivity contribution is -0.116. The van der Waals surface area contributed by atoms with Gasteiger partial charge < -0.3 is 16.4 Å². The number of primary amides is 1. The summed E-state index contributed by atoms with van der Waals surface area (Å²) in [5, 5.41) is 5.88. The zero-order valence-electron chi connectivity index (χ0n) is 11.7. The van der Waals surface area contributed by atoms with Crippen LogP contribution in [0.1, 0.15) is 17.3 Å². The summed E-state index contributed by atoms with van der Waals surface area (Å²) < 4.78 is 0. The Kier molecular flexibility index (Phi) is 4.56. The van der Waals surface area contributed by atoms with E-state index >= 15 is 0 Å². The maximum Gasteiger partial charge on any atom is 0.248 e. The zero-order valence-corrected chi connectivity index (χ0v) is 11.7. The molecule has 108 valence electrons. The standard InChI is InChI=1S/C16H17N3O2/c1-11(16(21)19-13-5-3-2-4-6-13)18-14-9-7-12(8-10-14)15(17)20/h2-11,18H,1H3,(H2,17,20)(H,19,21). The molecule has 0 aliphatic heterocycles. The molecular formula is C16H17N3O2. The number of nitrogens with two attached hydrogens (primary N) is 1. The highest BCUT2D eigenvalue weighted by molar-refractivity contribution is 5.96. The van der Waals surface area contributed by atoms with Crippen LogP contribution in [0.2, 0.25) is 0 Å². The molecule has 0 saturated carbocycles. The lowest BCUT2D eigenvalue weighted by atomic mass is 10.2. The molecule has 21 heavy (non-hydrogen) atoms. The molecule has 0 spiro atoms. The highest BCUT2D eigenvalue weighted by Gasteiger charge is 2.12. The van der Waals surface area contributed by atoms with Gasteiger partial charge >= 0.3 is 0 Å². The third-order valence-electron chi connectivity index (χ3n) is 2.99. The first-order chi connectivity index (χ1) is 10.1. The Morgan fingerprint density at radius 2 is 1.57 bits per heavy atom. The van der Waals surface area contributed by atoms with Gasteiger partial charge in [-0.25, -0.2) is 0 Å². The van der Waals surface area contributed by atoms with Gasteiger partial charge in [0.1, 0.15) is 6.04 Å². The predicted octanol–water partition coefficient (Wildman–Crippen LogP) is 2.22. The lowest BCUT2D eigenvalue weighted by Crippen LogP contribution is -2.31. The van der Waals surface area contributed by atoms with Crippen LogP contribution in [0, 0.1) is 0 Å². The number of rotatable bonds is 5. The number of para-hydroxylation sites is 1. The van der Waals surface area contributed by atoms with Crippen LogP contribution in [0.15, 0.2) is 54.6 Å². The van der Waals surface area contributed by atoms with E-state index in [-0.39, 0.29) is 5.91 Å². The van der Waals surface area contributed by atoms with Gasteiger partial charge in [0.15, 0.2) is 0 Å². The van der Waals surface area contributed by atoms with E-state index in [4.69, 9.17) is 5.73 Å². The molecule has 1 atom stereocenters. The molecule has 2 aromatic rings. The van der Waals surface area contributed by atoms with Gasteiger partial charge in [-0.1, -0.05) is 18.2 Å². The van der Waals surface area contributed by atoms with Crippen molar-refractivity contribution in [2.45, 2.75) is 13.0 Å². The van der Waals surface area contributed by atoms with Crippen LogP contribution in [0.25, 0.3) is 0 Å². The van der Waals surface area contributed by atoms with Crippen LogP contribution >= 0.6 is 0 Å². The average Bonchev–Trinajstić information content (AvgIpc) is 2.48. The van der Waals surface area contributed by atoms with Crippen molar-refractivity contribution in [1.29, 1.82) is 0 Å². The Morgan fingerprint density at radius 1 is 0.952 bits per heavy atom. The Balaban J connectivity index is 1.95. The number of carbonyl (C=O) groups excluding carboxylic acids is 2. The van der Waals surface area contributed by atoms with Gasteiger partial charge in [-0.3, -0.25) is 9.59 Å². The van der Waals surface area contributed by atoms with Crippen LogP contribution < -0.4 is 16.4 Å². The molecule has 0 aliphatic carbocycles. The van der Waals surface area contributed by atoms with Crippen LogP contribution in [0.4, 0.5) is 11.4 Å². The number of benzene rings is 2. The fourth-order valence-electron chi connectivity index (χ4n) is 1.82. The second kappa shape index (κ2) is 6.56. The maximum absolute atomic E-state index is 12.0. The van der Waals surface area contributed by atoms with Crippen molar-refractivity contribution >= 4 is 23.2 Å². The highest BCUT2D eigenvalue weighted by atomic mass is 16.2. The number of amides is 2. The minimum Gasteiger partial charge on any atom is -0.374 e. The quantitative estimate of drug-likeness (QED) is 0.786. The molecule has 2 rings (SSSR count). The van der Waals surface area contributed by atoms with E-state index in [9.17, 15) is 9.59 Å². The van der Waals surface area contributed by atoms with Gasteiger partial charge in [-0.05, 0) is 43.3 Å². The Labute approximate surface area is 123 Å². The second-order valence-electron chi connectivity index (χ2n) is 4.66. The Hall–Kier alpha value is -2.82. The first-order valence-corrected chi connectivity index (χ1v) is 6.58. The fraction of sp³-hybridized carbons (Fsp3) is 0.125. The van der Waals surface area contributed by atoms with Gasteiger partial charge in [0.2, 0.25) is 11.8 Å². The Morgan fingerprint density at radius 3 is 2.14 bits per heavy atom. The van der Waals surface area contributed by atoms with E-state index in [0.29, 0.717) is 5.56 Å². The number of nitrogens with one attached hydrogen (secondary N) is 2. The van der Waals surface area contributed by atoms with Crippen molar-refractivity contribution < 1.29 is 9.59 Å². The van der Waals surface area contributed by atoms with Gasteiger partial charge in [0.25, 0.3) is 0 Å². The van der Waals surface area contributed by atoms with Crippen LogP contribution in [0.5, 0.6) is 0 Å². The summed E-state index contributed by atoms with van der Waals surface area (Å²) >= 11 is 0. The van der Waals surface area contributed by atoms with Crippen molar-refractivity contribution in [2.24, 2.45) is 5.73 Å². The van der Waals surface area contributed by atoms with Crippen molar-refractivity contribution in [1.82, 2.24) is 0 Å². The summed E-state index contributed by atoms with van der Waals surface area (Å²) in [6.45, 7) is 1.76. The molecule has 0 radical (unpaired) electrons. The third kappa shape index (κ3) is 4.07. The molecule has 1 unspecified atom stereocenters. The van der Waals surface area contributed by atoms with E-state index in [2.05, 4.69) is 10.6 Å². The number of carbonyl (C=O) groups is 2. The first-order valence-electron chi connectivity index (χ1n) is 6.58. The lowest BCUT2D eigenvalue weighted by Gasteiger charge is -2.15. The van der Waals surface area contributed by atoms with Crippen LogP contribution in [-0.2, 0) is 4.79 Å². The molecule has 2 aromatic carbocycles. The fourth-order valence-corrected chi connectivity index (χ4v) is 1.82. The highest BCUT2D eigenvalue weighted by Crippen LogP contribution is 2.12. The molecule has 0 fully saturated rings. The molecular weight excluding hydrogens is 266 g/mol. The molecule has 0 aromatic heterocycles. The molecule has 0 heterocycles. The molecule has 0 aliphatic rings. The summed E-state index contributed by atoms with van der Waals surface area (Å²) in [4.78, 5) is 23.0. The van der Waals surface area contributed by atoms with Gasteiger partial charge in [-0.15, -0.1) is 0 Å². The van der Waals surface area contributed by atoms with Crippen molar-refractivity contribution in [2.75, 3.05) is 10.6 Å². The summed E-state index contributed by atoms with van der Waals surface area (Å²) in [5.74, 6) is -0.614. The summed E-state index contributed by atoms with van der Waals surface area (Å²) in [7, 11) is 0. The average molecular weight is 283 g/mol. The van der Waals surface area contributed by atoms with E-state index in [1.807, 2.05) is 30.3 Å². The number of hydrogen-bond donors (Lipinski definition) is 3. The smallest absolute Gasteiger partial charge is 0.248 e. The van der Waals surface area contributed by atoms with Crippen molar-refractivity contribution in [3.63, 3.8) is 0 Å². The third-order valence-corrected chi connectivity index (χ3v) is 2.99. The molecule has 2 amide bonds. The summed E-state index contributed by atoms with van der Waals surface area (Å²) in [5.41, 5.74) is 7.10. The normalized spacial score (nSPS) is 11.5. The van der Waals surface area contributed by atoms with Gasteiger partial charge in [-0.2, -0.15) is 0 Å². The topological polar surface area (TPSA) is 84.2 Å². The number of anilines is 2. The summed E-state index contributed by atoms with van der Waals surface area (Å²) in [6, 6.07) is 15.5. The van der Waals surface area contributed by atoms with Crippen molar-refractivity contribution in [3.05, 3.63) is 60.2 Å². The largest absolute Gasteiger partial charge is 0.374 e. The molecule has 0 saturated heterocycles. The molecule has 5 heteroatoms. The molecule has 0 bridgehead atoms. The van der Waals surface area contributed by atoms with Crippen LogP contribution in [-0.4, -0.2) is 17.9 Å². The van der Waals surface area contributed by atoms with Gasteiger partial charge in [0.05, 0.1) is 0 Å². The minimum atomic E-state index is -0.476. The van der Waals surface area contributed by atoms with E-state index in [1.54, 1.807) is 31.2 Å². The van der Waals surface area contributed by atoms with E-state index in [0.717, 1.165) is 11.4 Å². The van der Waals surface area contributed by atoms with E-state index < -0.39 is 11.9 Å². The SMILES string of the molecule is CC(Nc1ccc(C(N)=O)cc1)C(=O)Nc1ccccc1. The van der Waals surface area contributed by atoms with E-state index in [1.165, 1.54) is 0 Å². The van der Waals surface area contributed by atoms with Crippen LogP contribution in [0.3, 0.4) is 0 Å². The Bertz CT molecular complexity index is 624. The molecule has 5 nitrogen and oxygen atoms in total. The number of hydrogen-bond acceptors (Lipinski definition) is 3. The second-order valence-corrected chi connectivity index (χ2v) is 4.66. The minimum absolute atomic E-state index is 0.139. The zero-order chi connectivity index (χ0) is 15.2.